The maximum absolute atomic E-state index is 8.83. The van der Waals surface area contributed by atoms with Gasteiger partial charge < -0.3 is 10.4 Å². The molecule has 3 aromatic heterocycles. The molecule has 6 nitrogen and oxygen atoms in total. The van der Waals surface area contributed by atoms with Crippen molar-refractivity contribution in [2.45, 2.75) is 6.92 Å². The molecule has 0 amide bonds. The standard InChI is InChI=1S/C15H15N5OS2/c1-10-13(23-14(18-10)11-3-2-5-16-9-11)12-4-7-20(19-12)15(22)17-6-8-21/h2-5,7,9,21H,6,8H2,1H3,(H,17,22). The van der Waals surface area contributed by atoms with Crippen molar-refractivity contribution in [3.05, 3.63) is 42.5 Å². The van der Waals surface area contributed by atoms with Crippen LogP contribution in [-0.4, -0.2) is 43.1 Å². The van der Waals surface area contributed by atoms with Crippen molar-refractivity contribution in [1.29, 1.82) is 0 Å². The summed E-state index contributed by atoms with van der Waals surface area (Å²) in [6, 6.07) is 5.79. The van der Waals surface area contributed by atoms with Crippen molar-refractivity contribution in [3.8, 4) is 21.1 Å². The fraction of sp³-hybridized carbons (Fsp3) is 0.200. The number of rotatable bonds is 4. The number of hydrogen-bond donors (Lipinski definition) is 2. The topological polar surface area (TPSA) is 75.9 Å². The maximum atomic E-state index is 8.83. The second-order valence-corrected chi connectivity index (χ2v) is 6.16. The Labute approximate surface area is 142 Å². The minimum atomic E-state index is 0.0245. The smallest absolute Gasteiger partial charge is 0.194 e. The van der Waals surface area contributed by atoms with E-state index < -0.39 is 0 Å². The van der Waals surface area contributed by atoms with Crippen molar-refractivity contribution < 1.29 is 5.11 Å². The molecule has 0 fully saturated rings. The molecule has 0 saturated carbocycles. The second-order valence-electron chi connectivity index (χ2n) is 4.78. The summed E-state index contributed by atoms with van der Waals surface area (Å²) < 4.78 is 1.59. The van der Waals surface area contributed by atoms with Crippen molar-refractivity contribution in [3.63, 3.8) is 0 Å². The van der Waals surface area contributed by atoms with Crippen LogP contribution >= 0.6 is 23.6 Å². The highest BCUT2D eigenvalue weighted by atomic mass is 32.1. The Hall–Kier alpha value is -2.16. The van der Waals surface area contributed by atoms with Crippen molar-refractivity contribution >= 4 is 28.7 Å². The van der Waals surface area contributed by atoms with Gasteiger partial charge >= 0.3 is 0 Å². The zero-order chi connectivity index (χ0) is 16.2. The van der Waals surface area contributed by atoms with E-state index in [0.717, 1.165) is 26.8 Å². The molecule has 3 rings (SSSR count). The van der Waals surface area contributed by atoms with Crippen molar-refractivity contribution in [2.75, 3.05) is 13.2 Å². The normalized spacial score (nSPS) is 10.7. The highest BCUT2D eigenvalue weighted by Crippen LogP contribution is 2.33. The molecule has 0 aliphatic carbocycles. The molecule has 3 heterocycles. The molecule has 0 unspecified atom stereocenters. The molecule has 0 atom stereocenters. The van der Waals surface area contributed by atoms with E-state index in [1.54, 1.807) is 34.6 Å². The number of nitrogens with zero attached hydrogens (tertiary/aromatic N) is 4. The lowest BCUT2D eigenvalue weighted by atomic mass is 10.3. The van der Waals surface area contributed by atoms with Gasteiger partial charge in [0.1, 0.15) is 10.7 Å². The molecule has 0 aliphatic rings. The Morgan fingerprint density at radius 3 is 3.04 bits per heavy atom. The summed E-state index contributed by atoms with van der Waals surface area (Å²) in [5.41, 5.74) is 2.74. The van der Waals surface area contributed by atoms with Crippen LogP contribution in [0.4, 0.5) is 0 Å². The molecule has 0 aliphatic heterocycles. The van der Waals surface area contributed by atoms with E-state index in [0.29, 0.717) is 11.7 Å². The van der Waals surface area contributed by atoms with Crippen LogP contribution in [0.5, 0.6) is 0 Å². The number of aliphatic hydroxyl groups excluding tert-OH is 1. The molecular formula is C15H15N5OS2. The molecule has 2 N–H and O–H groups in total. The van der Waals surface area contributed by atoms with E-state index in [2.05, 4.69) is 20.4 Å². The van der Waals surface area contributed by atoms with Crippen molar-refractivity contribution in [2.24, 2.45) is 0 Å². The molecule has 0 spiro atoms. The largest absolute Gasteiger partial charge is 0.395 e. The molecule has 23 heavy (non-hydrogen) atoms. The number of thiocarbonyl (C=S) groups is 1. The quantitative estimate of drug-likeness (QED) is 0.705. The highest BCUT2D eigenvalue weighted by Gasteiger charge is 2.14. The Kier molecular flexibility index (Phi) is 4.75. The Bertz CT molecular complexity index is 812. The summed E-state index contributed by atoms with van der Waals surface area (Å²) in [7, 11) is 0. The zero-order valence-corrected chi connectivity index (χ0v) is 14.1. The fourth-order valence-corrected chi connectivity index (χ4v) is 3.27. The van der Waals surface area contributed by atoms with E-state index in [1.807, 2.05) is 25.1 Å². The Morgan fingerprint density at radius 2 is 2.30 bits per heavy atom. The van der Waals surface area contributed by atoms with E-state index in [1.165, 1.54) is 0 Å². The number of aryl methyl sites for hydroxylation is 1. The first-order valence-electron chi connectivity index (χ1n) is 7.02. The zero-order valence-electron chi connectivity index (χ0n) is 12.4. The molecule has 8 heteroatoms. The number of aliphatic hydroxyl groups is 1. The molecule has 3 aromatic rings. The average Bonchev–Trinajstić information content (AvgIpc) is 3.20. The Morgan fingerprint density at radius 1 is 1.43 bits per heavy atom. The van der Waals surface area contributed by atoms with Gasteiger partial charge in [-0.1, -0.05) is 0 Å². The number of aromatic nitrogens is 4. The van der Waals surface area contributed by atoms with Crippen LogP contribution in [0.15, 0.2) is 36.8 Å². The summed E-state index contributed by atoms with van der Waals surface area (Å²) in [6.45, 7) is 2.39. The van der Waals surface area contributed by atoms with Gasteiger partial charge in [-0.2, -0.15) is 5.10 Å². The van der Waals surface area contributed by atoms with E-state index in [4.69, 9.17) is 17.3 Å². The first-order valence-corrected chi connectivity index (χ1v) is 8.24. The number of thiazole rings is 1. The summed E-state index contributed by atoms with van der Waals surface area (Å²) in [5, 5.41) is 17.6. The third-order valence-corrected chi connectivity index (χ3v) is 4.68. The molecule has 118 valence electrons. The highest BCUT2D eigenvalue weighted by molar-refractivity contribution is 7.80. The lowest BCUT2D eigenvalue weighted by Gasteiger charge is -2.04. The van der Waals surface area contributed by atoms with Crippen LogP contribution in [0.2, 0.25) is 0 Å². The minimum absolute atomic E-state index is 0.0245. The lowest BCUT2D eigenvalue weighted by Crippen LogP contribution is -2.30. The summed E-state index contributed by atoms with van der Waals surface area (Å²) in [5.74, 6) is 0. The van der Waals surface area contributed by atoms with Crippen LogP contribution in [0.3, 0.4) is 0 Å². The maximum Gasteiger partial charge on any atom is 0.194 e. The van der Waals surface area contributed by atoms with Gasteiger partial charge in [0.2, 0.25) is 0 Å². The van der Waals surface area contributed by atoms with Crippen molar-refractivity contribution in [1.82, 2.24) is 25.1 Å². The molecule has 0 aromatic carbocycles. The van der Waals surface area contributed by atoms with Gasteiger partial charge in [0.05, 0.1) is 17.2 Å². The van der Waals surface area contributed by atoms with Gasteiger partial charge in [0, 0.05) is 30.7 Å². The lowest BCUT2D eigenvalue weighted by molar-refractivity contribution is 0.300. The first-order chi connectivity index (χ1) is 11.2. The predicted molar refractivity (Wildman–Crippen MR) is 94.4 cm³/mol. The molecule has 0 radical (unpaired) electrons. The number of pyridine rings is 1. The van der Waals surface area contributed by atoms with Crippen LogP contribution < -0.4 is 5.32 Å². The minimum Gasteiger partial charge on any atom is -0.395 e. The van der Waals surface area contributed by atoms with Gasteiger partial charge in [-0.15, -0.1) is 11.3 Å². The third kappa shape index (κ3) is 3.44. The number of hydrogen-bond acceptors (Lipinski definition) is 6. The summed E-state index contributed by atoms with van der Waals surface area (Å²) >= 11 is 6.80. The van der Waals surface area contributed by atoms with Crippen LogP contribution in [-0.2, 0) is 0 Å². The van der Waals surface area contributed by atoms with Gasteiger partial charge in [0.25, 0.3) is 0 Å². The molecular weight excluding hydrogens is 330 g/mol. The van der Waals surface area contributed by atoms with E-state index in [-0.39, 0.29) is 6.61 Å². The monoisotopic (exact) mass is 345 g/mol. The van der Waals surface area contributed by atoms with Gasteiger partial charge in [-0.05, 0) is 37.3 Å². The summed E-state index contributed by atoms with van der Waals surface area (Å²) in [4.78, 5) is 9.75. The van der Waals surface area contributed by atoms with E-state index in [9.17, 15) is 0 Å². The Balaban J connectivity index is 1.87. The van der Waals surface area contributed by atoms with E-state index >= 15 is 0 Å². The van der Waals surface area contributed by atoms with Gasteiger partial charge in [-0.25, -0.2) is 9.67 Å². The van der Waals surface area contributed by atoms with Crippen LogP contribution in [0.25, 0.3) is 21.1 Å². The van der Waals surface area contributed by atoms with Gasteiger partial charge in [-0.3, -0.25) is 4.98 Å². The first kappa shape index (κ1) is 15.7. The molecule has 0 bridgehead atoms. The SMILES string of the molecule is Cc1nc(-c2cccnc2)sc1-c1ccn(C(=S)NCCO)n1. The van der Waals surface area contributed by atoms with Gasteiger partial charge in [0.15, 0.2) is 5.11 Å². The predicted octanol–water partition coefficient (Wildman–Crippen LogP) is 2.09. The third-order valence-electron chi connectivity index (χ3n) is 3.12. The van der Waals surface area contributed by atoms with Crippen LogP contribution in [0, 0.1) is 6.92 Å². The number of nitrogens with one attached hydrogen (secondary N) is 1. The van der Waals surface area contributed by atoms with Crippen LogP contribution in [0.1, 0.15) is 5.69 Å². The summed E-state index contributed by atoms with van der Waals surface area (Å²) in [6.07, 6.45) is 5.34. The molecule has 0 saturated heterocycles. The fourth-order valence-electron chi connectivity index (χ4n) is 2.05. The average molecular weight is 345 g/mol. The second kappa shape index (κ2) is 6.95.